The smallest absolute Gasteiger partial charge is 0.410 e. The van der Waals surface area contributed by atoms with Crippen molar-refractivity contribution in [3.63, 3.8) is 0 Å². The summed E-state index contributed by atoms with van der Waals surface area (Å²) in [5.41, 5.74) is -0.251. The highest BCUT2D eigenvalue weighted by Crippen LogP contribution is 2.56. The van der Waals surface area contributed by atoms with Crippen LogP contribution in [-0.2, 0) is 9.47 Å². The van der Waals surface area contributed by atoms with E-state index in [-0.39, 0.29) is 17.6 Å². The molecule has 2 atom stereocenters. The van der Waals surface area contributed by atoms with E-state index in [1.54, 1.807) is 0 Å². The number of carbonyl (C=O) groups excluding carboxylic acids is 1. The highest BCUT2D eigenvalue weighted by molar-refractivity contribution is 5.68. The topological polar surface area (TPSA) is 38.8 Å². The van der Waals surface area contributed by atoms with Gasteiger partial charge in [-0.3, -0.25) is 0 Å². The van der Waals surface area contributed by atoms with Crippen molar-refractivity contribution < 1.29 is 14.3 Å². The number of amides is 1. The largest absolute Gasteiger partial charge is 0.444 e. The molecule has 4 nitrogen and oxygen atoms in total. The number of hydrogen-bond donors (Lipinski definition) is 0. The molecule has 116 valence electrons. The third-order valence-electron chi connectivity index (χ3n) is 4.79. The van der Waals surface area contributed by atoms with Gasteiger partial charge in [-0.25, -0.2) is 4.79 Å². The van der Waals surface area contributed by atoms with E-state index in [0.717, 1.165) is 13.0 Å². The standard InChI is InChI=1S/C16H29NO3/c1-6-19-13-11-12(16(13)9-7-8-10-16)17(5)14(18)20-15(2,3)4/h12-13H,6-11H2,1-5H3/t12-,13-/m0/s1. The van der Waals surface area contributed by atoms with Gasteiger partial charge in [0.25, 0.3) is 0 Å². The molecule has 0 saturated heterocycles. The van der Waals surface area contributed by atoms with E-state index in [4.69, 9.17) is 9.47 Å². The summed E-state index contributed by atoms with van der Waals surface area (Å²) in [6.45, 7) is 8.54. The van der Waals surface area contributed by atoms with Crippen LogP contribution in [0.3, 0.4) is 0 Å². The fourth-order valence-corrected chi connectivity index (χ4v) is 3.85. The molecule has 0 aromatic rings. The van der Waals surface area contributed by atoms with E-state index in [2.05, 4.69) is 0 Å². The quantitative estimate of drug-likeness (QED) is 0.794. The molecule has 0 heterocycles. The van der Waals surface area contributed by atoms with Crippen molar-refractivity contribution in [2.24, 2.45) is 5.41 Å². The molecule has 1 spiro atoms. The van der Waals surface area contributed by atoms with Crippen LogP contribution in [0.15, 0.2) is 0 Å². The van der Waals surface area contributed by atoms with Crippen LogP contribution in [0, 0.1) is 5.41 Å². The van der Waals surface area contributed by atoms with E-state index in [9.17, 15) is 4.79 Å². The van der Waals surface area contributed by atoms with Crippen LogP contribution in [0.25, 0.3) is 0 Å². The minimum absolute atomic E-state index is 0.182. The van der Waals surface area contributed by atoms with Gasteiger partial charge in [0.2, 0.25) is 0 Å². The first-order valence-corrected chi connectivity index (χ1v) is 7.87. The summed E-state index contributed by atoms with van der Waals surface area (Å²) in [5.74, 6) is 0. The highest BCUT2D eigenvalue weighted by Gasteiger charge is 2.59. The Morgan fingerprint density at radius 3 is 2.40 bits per heavy atom. The summed E-state index contributed by atoms with van der Waals surface area (Å²) in [5, 5.41) is 0. The van der Waals surface area contributed by atoms with Gasteiger partial charge in [0.1, 0.15) is 5.60 Å². The first kappa shape index (κ1) is 15.6. The van der Waals surface area contributed by atoms with Crippen LogP contribution < -0.4 is 0 Å². The lowest BCUT2D eigenvalue weighted by Gasteiger charge is -2.56. The van der Waals surface area contributed by atoms with Gasteiger partial charge >= 0.3 is 6.09 Å². The second-order valence-electron chi connectivity index (χ2n) is 7.23. The van der Waals surface area contributed by atoms with Gasteiger partial charge in [-0.15, -0.1) is 0 Å². The maximum absolute atomic E-state index is 12.3. The summed E-state index contributed by atoms with van der Waals surface area (Å²) < 4.78 is 11.4. The molecule has 1 amide bonds. The number of carbonyl (C=O) groups is 1. The third kappa shape index (κ3) is 2.80. The van der Waals surface area contributed by atoms with Crippen molar-refractivity contribution in [1.82, 2.24) is 4.90 Å². The monoisotopic (exact) mass is 283 g/mol. The Bertz CT molecular complexity index is 355. The van der Waals surface area contributed by atoms with Crippen molar-refractivity contribution in [2.75, 3.05) is 13.7 Å². The van der Waals surface area contributed by atoms with Gasteiger partial charge in [-0.1, -0.05) is 12.8 Å². The predicted octanol–water partition coefficient (Wildman–Crippen LogP) is 3.59. The second kappa shape index (κ2) is 5.55. The van der Waals surface area contributed by atoms with Gasteiger partial charge in [0, 0.05) is 25.1 Å². The summed E-state index contributed by atoms with van der Waals surface area (Å²) in [7, 11) is 1.88. The highest BCUT2D eigenvalue weighted by atomic mass is 16.6. The Kier molecular flexibility index (Phi) is 4.33. The Labute approximate surface area is 122 Å². The van der Waals surface area contributed by atoms with Crippen molar-refractivity contribution in [3.8, 4) is 0 Å². The molecule has 0 radical (unpaired) electrons. The first-order valence-electron chi connectivity index (χ1n) is 7.87. The molecule has 2 saturated carbocycles. The summed E-state index contributed by atoms with van der Waals surface area (Å²) in [6.07, 6.45) is 5.92. The first-order chi connectivity index (χ1) is 9.30. The fraction of sp³-hybridized carbons (Fsp3) is 0.938. The molecule has 2 aliphatic rings. The maximum atomic E-state index is 12.3. The zero-order chi connectivity index (χ0) is 15.0. The van der Waals surface area contributed by atoms with Crippen molar-refractivity contribution >= 4 is 6.09 Å². The molecule has 2 rings (SSSR count). The Morgan fingerprint density at radius 2 is 1.90 bits per heavy atom. The van der Waals surface area contributed by atoms with Crippen LogP contribution in [0.1, 0.15) is 59.8 Å². The minimum atomic E-state index is -0.433. The zero-order valence-corrected chi connectivity index (χ0v) is 13.6. The average molecular weight is 283 g/mol. The SMILES string of the molecule is CCO[C@H]1C[C@H](N(C)C(=O)OC(C)(C)C)C12CCCC2. The van der Waals surface area contributed by atoms with Crippen LogP contribution >= 0.6 is 0 Å². The van der Waals surface area contributed by atoms with E-state index < -0.39 is 5.60 Å². The van der Waals surface area contributed by atoms with Crippen molar-refractivity contribution in [3.05, 3.63) is 0 Å². The summed E-state index contributed by atoms with van der Waals surface area (Å²) in [6, 6.07) is 0.274. The van der Waals surface area contributed by atoms with E-state index >= 15 is 0 Å². The lowest BCUT2D eigenvalue weighted by molar-refractivity contribution is -0.157. The molecule has 0 N–H and O–H groups in total. The van der Waals surface area contributed by atoms with Crippen molar-refractivity contribution in [1.29, 1.82) is 0 Å². The van der Waals surface area contributed by atoms with Gasteiger partial charge in [0.15, 0.2) is 0 Å². The van der Waals surface area contributed by atoms with Crippen LogP contribution in [-0.4, -0.2) is 42.4 Å². The second-order valence-corrected chi connectivity index (χ2v) is 7.23. The van der Waals surface area contributed by atoms with Gasteiger partial charge < -0.3 is 14.4 Å². The van der Waals surface area contributed by atoms with E-state index in [1.807, 2.05) is 39.6 Å². The molecular weight excluding hydrogens is 254 g/mol. The van der Waals surface area contributed by atoms with Gasteiger partial charge in [-0.05, 0) is 47.0 Å². The van der Waals surface area contributed by atoms with Crippen LogP contribution in [0.2, 0.25) is 0 Å². The molecule has 0 aliphatic heterocycles. The lowest BCUT2D eigenvalue weighted by Crippen LogP contribution is -2.64. The lowest BCUT2D eigenvalue weighted by atomic mass is 9.60. The number of ether oxygens (including phenoxy) is 2. The summed E-state index contributed by atoms with van der Waals surface area (Å²) in [4.78, 5) is 14.1. The maximum Gasteiger partial charge on any atom is 0.410 e. The van der Waals surface area contributed by atoms with Gasteiger partial charge in [-0.2, -0.15) is 0 Å². The van der Waals surface area contributed by atoms with E-state index in [1.165, 1.54) is 25.7 Å². The molecule has 0 aromatic heterocycles. The molecule has 4 heteroatoms. The predicted molar refractivity (Wildman–Crippen MR) is 78.7 cm³/mol. The molecule has 0 unspecified atom stereocenters. The Hall–Kier alpha value is -0.770. The number of hydrogen-bond acceptors (Lipinski definition) is 3. The minimum Gasteiger partial charge on any atom is -0.444 e. The van der Waals surface area contributed by atoms with Crippen molar-refractivity contribution in [2.45, 2.75) is 77.5 Å². The average Bonchev–Trinajstić information content (AvgIpc) is 2.83. The normalized spacial score (nSPS) is 28.2. The van der Waals surface area contributed by atoms with Crippen LogP contribution in [0.4, 0.5) is 4.79 Å². The third-order valence-corrected chi connectivity index (χ3v) is 4.79. The number of nitrogens with zero attached hydrogens (tertiary/aromatic N) is 1. The molecule has 0 aromatic carbocycles. The Morgan fingerprint density at radius 1 is 1.30 bits per heavy atom. The molecule has 2 fully saturated rings. The number of rotatable bonds is 3. The van der Waals surface area contributed by atoms with E-state index in [0.29, 0.717) is 6.10 Å². The molecule has 20 heavy (non-hydrogen) atoms. The molecular formula is C16H29NO3. The van der Waals surface area contributed by atoms with Crippen LogP contribution in [0.5, 0.6) is 0 Å². The molecule has 0 bridgehead atoms. The Balaban J connectivity index is 2.03. The fourth-order valence-electron chi connectivity index (χ4n) is 3.85. The zero-order valence-electron chi connectivity index (χ0n) is 13.6. The summed E-state index contributed by atoms with van der Waals surface area (Å²) >= 11 is 0. The van der Waals surface area contributed by atoms with Gasteiger partial charge in [0.05, 0.1) is 6.10 Å². The molecule has 2 aliphatic carbocycles.